The van der Waals surface area contributed by atoms with Gasteiger partial charge in [0.15, 0.2) is 16.7 Å². The summed E-state index contributed by atoms with van der Waals surface area (Å²) in [7, 11) is 0. The van der Waals surface area contributed by atoms with Crippen molar-refractivity contribution in [1.29, 1.82) is 0 Å². The van der Waals surface area contributed by atoms with Gasteiger partial charge in [0, 0.05) is 24.3 Å². The largest absolute Gasteiger partial charge is 0.454 e. The van der Waals surface area contributed by atoms with E-state index in [0.29, 0.717) is 23.6 Å². The van der Waals surface area contributed by atoms with Crippen molar-refractivity contribution < 1.29 is 27.4 Å². The number of carbonyl (C=O) groups is 1. The molecule has 3 rings (SSSR count). The third kappa shape index (κ3) is 4.94. The fourth-order valence-corrected chi connectivity index (χ4v) is 3.14. The van der Waals surface area contributed by atoms with Gasteiger partial charge >= 0.3 is 6.18 Å². The standard InChI is InChI=1S/C18H16F3N3O3S/c1-2-6-22-16(25)5-7-28-17-23-12(9-15(24-17)18(19,20)21)11-3-4-13-14(8-11)27-10-26-13/h2-4,8-9H,1,5-7,10H2,(H,22,25). The molecule has 0 saturated carbocycles. The number of nitrogens with zero attached hydrogens (tertiary/aromatic N) is 2. The van der Waals surface area contributed by atoms with Gasteiger partial charge in [0.25, 0.3) is 0 Å². The number of alkyl halides is 3. The van der Waals surface area contributed by atoms with Gasteiger partial charge in [-0.15, -0.1) is 6.58 Å². The number of nitrogens with one attached hydrogen (secondary N) is 1. The van der Waals surface area contributed by atoms with E-state index in [-0.39, 0.29) is 35.7 Å². The van der Waals surface area contributed by atoms with Gasteiger partial charge < -0.3 is 14.8 Å². The van der Waals surface area contributed by atoms with E-state index in [9.17, 15) is 18.0 Å². The van der Waals surface area contributed by atoms with Crippen LogP contribution in [0.1, 0.15) is 12.1 Å². The van der Waals surface area contributed by atoms with Crippen molar-refractivity contribution in [2.24, 2.45) is 0 Å². The first kappa shape index (κ1) is 20.0. The Kier molecular flexibility index (Phi) is 6.08. The van der Waals surface area contributed by atoms with Crippen LogP contribution in [0.2, 0.25) is 0 Å². The second-order valence-corrected chi connectivity index (χ2v) is 6.74. The maximum absolute atomic E-state index is 13.3. The van der Waals surface area contributed by atoms with E-state index < -0.39 is 11.9 Å². The highest BCUT2D eigenvalue weighted by Crippen LogP contribution is 2.37. The Morgan fingerprint density at radius 2 is 2.04 bits per heavy atom. The number of amides is 1. The molecule has 0 radical (unpaired) electrons. The van der Waals surface area contributed by atoms with E-state index in [4.69, 9.17) is 9.47 Å². The van der Waals surface area contributed by atoms with Gasteiger partial charge in [-0.2, -0.15) is 13.2 Å². The highest BCUT2D eigenvalue weighted by molar-refractivity contribution is 7.99. The zero-order valence-corrected chi connectivity index (χ0v) is 15.4. The first-order chi connectivity index (χ1) is 13.4. The number of aromatic nitrogens is 2. The smallest absolute Gasteiger partial charge is 0.433 e. The van der Waals surface area contributed by atoms with Gasteiger partial charge in [-0.05, 0) is 24.3 Å². The van der Waals surface area contributed by atoms with E-state index in [1.165, 1.54) is 0 Å². The molecule has 1 aromatic carbocycles. The zero-order chi connectivity index (χ0) is 20.1. The van der Waals surface area contributed by atoms with Crippen molar-refractivity contribution in [3.8, 4) is 22.8 Å². The molecule has 2 heterocycles. The predicted octanol–water partition coefficient (Wildman–Crippen LogP) is 3.68. The van der Waals surface area contributed by atoms with E-state index in [1.54, 1.807) is 24.3 Å². The van der Waals surface area contributed by atoms with Crippen LogP contribution in [-0.4, -0.2) is 35.0 Å². The maximum atomic E-state index is 13.3. The molecule has 6 nitrogen and oxygen atoms in total. The van der Waals surface area contributed by atoms with Gasteiger partial charge in [0.2, 0.25) is 12.7 Å². The normalized spacial score (nSPS) is 12.7. The summed E-state index contributed by atoms with van der Waals surface area (Å²) in [5.74, 6) is 0.979. The van der Waals surface area contributed by atoms with Crippen molar-refractivity contribution in [1.82, 2.24) is 15.3 Å². The molecule has 1 aliphatic heterocycles. The summed E-state index contributed by atoms with van der Waals surface area (Å²) >= 11 is 0.982. The molecule has 2 aromatic rings. The number of benzene rings is 1. The predicted molar refractivity (Wildman–Crippen MR) is 97.1 cm³/mol. The molecule has 10 heteroatoms. The second kappa shape index (κ2) is 8.51. The van der Waals surface area contributed by atoms with Crippen LogP contribution in [-0.2, 0) is 11.0 Å². The highest BCUT2D eigenvalue weighted by atomic mass is 32.2. The van der Waals surface area contributed by atoms with Crippen LogP contribution in [0.4, 0.5) is 13.2 Å². The average molecular weight is 411 g/mol. The molecule has 28 heavy (non-hydrogen) atoms. The third-order valence-electron chi connectivity index (χ3n) is 3.67. The number of hydrogen-bond donors (Lipinski definition) is 1. The minimum atomic E-state index is -4.62. The number of carbonyl (C=O) groups excluding carboxylic acids is 1. The minimum absolute atomic E-state index is 0.0565. The monoisotopic (exact) mass is 411 g/mol. The Hall–Kier alpha value is -2.75. The lowest BCUT2D eigenvalue weighted by atomic mass is 10.1. The number of rotatable bonds is 7. The lowest BCUT2D eigenvalue weighted by molar-refractivity contribution is -0.141. The molecule has 1 N–H and O–H groups in total. The van der Waals surface area contributed by atoms with Crippen molar-refractivity contribution >= 4 is 17.7 Å². The van der Waals surface area contributed by atoms with Crippen molar-refractivity contribution in [3.63, 3.8) is 0 Å². The van der Waals surface area contributed by atoms with Gasteiger partial charge in [-0.25, -0.2) is 9.97 Å². The molecule has 0 atom stereocenters. The Morgan fingerprint density at radius 3 is 2.79 bits per heavy atom. The molecule has 0 saturated heterocycles. The molecule has 0 spiro atoms. The molecule has 0 aliphatic carbocycles. The summed E-state index contributed by atoms with van der Waals surface area (Å²) in [5, 5.41) is 2.54. The van der Waals surface area contributed by atoms with Crippen LogP contribution in [0, 0.1) is 0 Å². The molecule has 1 amide bonds. The number of thioether (sulfide) groups is 1. The molecule has 0 bridgehead atoms. The molecule has 148 valence electrons. The van der Waals surface area contributed by atoms with E-state index >= 15 is 0 Å². The summed E-state index contributed by atoms with van der Waals surface area (Å²) in [4.78, 5) is 19.4. The quantitative estimate of drug-likeness (QED) is 0.426. The number of ether oxygens (including phenoxy) is 2. The number of fused-ring (bicyclic) bond motifs is 1. The van der Waals surface area contributed by atoms with Crippen LogP contribution in [0.3, 0.4) is 0 Å². The lowest BCUT2D eigenvalue weighted by Crippen LogP contribution is -2.23. The average Bonchev–Trinajstić information content (AvgIpc) is 3.13. The second-order valence-electron chi connectivity index (χ2n) is 5.68. The van der Waals surface area contributed by atoms with Crippen molar-refractivity contribution in [3.05, 3.63) is 42.6 Å². The van der Waals surface area contributed by atoms with Crippen molar-refractivity contribution in [2.75, 3.05) is 19.1 Å². The van der Waals surface area contributed by atoms with Crippen LogP contribution in [0.25, 0.3) is 11.3 Å². The molecule has 1 aromatic heterocycles. The number of hydrogen-bond acceptors (Lipinski definition) is 6. The SMILES string of the molecule is C=CCNC(=O)CCSc1nc(-c2ccc3c(c2)OCO3)cc(C(F)(F)F)n1. The van der Waals surface area contributed by atoms with Gasteiger partial charge in [-0.1, -0.05) is 17.8 Å². The zero-order valence-electron chi connectivity index (χ0n) is 14.6. The molecule has 1 aliphatic rings. The summed E-state index contributed by atoms with van der Waals surface area (Å²) in [6, 6.07) is 5.68. The van der Waals surface area contributed by atoms with Crippen LogP contribution >= 0.6 is 11.8 Å². The first-order valence-electron chi connectivity index (χ1n) is 8.23. The van der Waals surface area contributed by atoms with Crippen LogP contribution in [0.15, 0.2) is 42.1 Å². The fraction of sp³-hybridized carbons (Fsp3) is 0.278. The van der Waals surface area contributed by atoms with E-state index in [1.807, 2.05) is 0 Å². The molecular formula is C18H16F3N3O3S. The molecule has 0 fully saturated rings. The Bertz CT molecular complexity index is 890. The number of halogens is 3. The van der Waals surface area contributed by atoms with Crippen molar-refractivity contribution in [2.45, 2.75) is 17.8 Å². The molecular weight excluding hydrogens is 395 g/mol. The van der Waals surface area contributed by atoms with E-state index in [2.05, 4.69) is 21.9 Å². The topological polar surface area (TPSA) is 73.3 Å². The fourth-order valence-electron chi connectivity index (χ4n) is 2.35. The molecule has 0 unspecified atom stereocenters. The summed E-state index contributed by atoms with van der Waals surface area (Å²) in [6.45, 7) is 3.88. The Balaban J connectivity index is 1.81. The van der Waals surface area contributed by atoms with E-state index in [0.717, 1.165) is 17.8 Å². The van der Waals surface area contributed by atoms with Gasteiger partial charge in [0.05, 0.1) is 5.69 Å². The van der Waals surface area contributed by atoms with Gasteiger partial charge in [0.1, 0.15) is 5.69 Å². The summed E-state index contributed by atoms with van der Waals surface area (Å²) < 4.78 is 50.2. The Morgan fingerprint density at radius 1 is 1.25 bits per heavy atom. The maximum Gasteiger partial charge on any atom is 0.433 e. The summed E-state index contributed by atoms with van der Waals surface area (Å²) in [5.41, 5.74) is -0.490. The third-order valence-corrected chi connectivity index (χ3v) is 4.52. The minimum Gasteiger partial charge on any atom is -0.454 e. The van der Waals surface area contributed by atoms with Crippen LogP contribution in [0.5, 0.6) is 11.5 Å². The first-order valence-corrected chi connectivity index (χ1v) is 9.22. The highest BCUT2D eigenvalue weighted by Gasteiger charge is 2.34. The Labute approximate surface area is 163 Å². The van der Waals surface area contributed by atoms with Crippen LogP contribution < -0.4 is 14.8 Å². The summed E-state index contributed by atoms with van der Waals surface area (Å²) in [6.07, 6.45) is -2.96. The lowest BCUT2D eigenvalue weighted by Gasteiger charge is -2.11. The van der Waals surface area contributed by atoms with Gasteiger partial charge in [-0.3, -0.25) is 4.79 Å².